The van der Waals surface area contributed by atoms with Gasteiger partial charge in [0, 0.05) is 17.6 Å². The number of hydrogen-bond donors (Lipinski definition) is 1. The Morgan fingerprint density at radius 3 is 2.75 bits per heavy atom. The Balaban J connectivity index is 2.36. The molecule has 0 aliphatic heterocycles. The van der Waals surface area contributed by atoms with Crippen molar-refractivity contribution in [3.8, 4) is 5.75 Å². The Labute approximate surface area is 105 Å². The summed E-state index contributed by atoms with van der Waals surface area (Å²) in [6.07, 6.45) is 1.04. The number of ether oxygens (including phenoxy) is 2. The molecule has 0 atom stereocenters. The highest BCUT2D eigenvalue weighted by Crippen LogP contribution is 2.22. The van der Waals surface area contributed by atoms with E-state index in [4.69, 9.17) is 15.2 Å². The Morgan fingerprint density at radius 2 is 2.06 bits per heavy atom. The molecule has 2 N–H and O–H groups in total. The summed E-state index contributed by atoms with van der Waals surface area (Å²) in [6.45, 7) is 4.58. The molecule has 16 heavy (non-hydrogen) atoms. The minimum absolute atomic E-state index is 0.504. The van der Waals surface area contributed by atoms with Gasteiger partial charge in [0.15, 0.2) is 0 Å². The summed E-state index contributed by atoms with van der Waals surface area (Å²) in [4.78, 5) is 0. The lowest BCUT2D eigenvalue weighted by atomic mass is 10.2. The van der Waals surface area contributed by atoms with Crippen LogP contribution in [0.3, 0.4) is 0 Å². The summed E-state index contributed by atoms with van der Waals surface area (Å²) in [5.74, 6) is 0.837. The van der Waals surface area contributed by atoms with Gasteiger partial charge in [-0.3, -0.25) is 0 Å². The summed E-state index contributed by atoms with van der Waals surface area (Å²) < 4.78 is 11.9. The first kappa shape index (κ1) is 13.5. The van der Waals surface area contributed by atoms with Gasteiger partial charge in [0.2, 0.25) is 0 Å². The standard InChI is InChI=1S/C12H18BrNO2/c1-2-5-15-6-7-16-11-3-4-12(13)10(8-11)9-14/h3-4,8H,2,5-7,9,14H2,1H3. The van der Waals surface area contributed by atoms with Crippen LogP contribution in [0.4, 0.5) is 0 Å². The van der Waals surface area contributed by atoms with Crippen LogP contribution in [0.1, 0.15) is 18.9 Å². The van der Waals surface area contributed by atoms with Crippen LogP contribution in [0.25, 0.3) is 0 Å². The molecule has 0 fully saturated rings. The molecule has 0 aliphatic rings. The van der Waals surface area contributed by atoms with Gasteiger partial charge in [-0.15, -0.1) is 0 Å². The quantitative estimate of drug-likeness (QED) is 0.785. The van der Waals surface area contributed by atoms with Gasteiger partial charge < -0.3 is 15.2 Å². The molecule has 0 saturated carbocycles. The molecule has 1 aromatic carbocycles. The van der Waals surface area contributed by atoms with E-state index < -0.39 is 0 Å². The minimum atomic E-state index is 0.504. The van der Waals surface area contributed by atoms with Gasteiger partial charge in [-0.05, 0) is 30.2 Å². The highest BCUT2D eigenvalue weighted by Gasteiger charge is 2.00. The first-order valence-electron chi connectivity index (χ1n) is 5.47. The second kappa shape index (κ2) is 7.65. The first-order chi connectivity index (χ1) is 7.77. The topological polar surface area (TPSA) is 44.5 Å². The number of hydrogen-bond acceptors (Lipinski definition) is 3. The second-order valence-corrected chi connectivity index (χ2v) is 4.27. The molecular formula is C12H18BrNO2. The Kier molecular flexibility index (Phi) is 6.45. The fraction of sp³-hybridized carbons (Fsp3) is 0.500. The number of benzene rings is 1. The molecular weight excluding hydrogens is 270 g/mol. The number of rotatable bonds is 7. The molecule has 1 aromatic rings. The van der Waals surface area contributed by atoms with Gasteiger partial charge in [-0.25, -0.2) is 0 Å². The smallest absolute Gasteiger partial charge is 0.119 e. The zero-order valence-corrected chi connectivity index (χ0v) is 11.1. The molecule has 0 spiro atoms. The summed E-state index contributed by atoms with van der Waals surface area (Å²) in [5.41, 5.74) is 6.65. The lowest BCUT2D eigenvalue weighted by molar-refractivity contribution is 0.101. The average molecular weight is 288 g/mol. The van der Waals surface area contributed by atoms with Gasteiger partial charge in [0.25, 0.3) is 0 Å². The molecule has 3 nitrogen and oxygen atoms in total. The van der Waals surface area contributed by atoms with Crippen molar-refractivity contribution >= 4 is 15.9 Å². The van der Waals surface area contributed by atoms with E-state index in [1.807, 2.05) is 18.2 Å². The number of halogens is 1. The monoisotopic (exact) mass is 287 g/mol. The van der Waals surface area contributed by atoms with E-state index >= 15 is 0 Å². The molecule has 1 rings (SSSR count). The third-order valence-corrected chi connectivity index (χ3v) is 2.86. The van der Waals surface area contributed by atoms with E-state index in [-0.39, 0.29) is 0 Å². The van der Waals surface area contributed by atoms with Crippen LogP contribution in [0.15, 0.2) is 22.7 Å². The largest absolute Gasteiger partial charge is 0.491 e. The summed E-state index contributed by atoms with van der Waals surface area (Å²) in [5, 5.41) is 0. The van der Waals surface area contributed by atoms with Crippen LogP contribution in [-0.4, -0.2) is 19.8 Å². The molecule has 0 amide bonds. The summed E-state index contributed by atoms with van der Waals surface area (Å²) >= 11 is 3.43. The molecule has 0 radical (unpaired) electrons. The zero-order valence-electron chi connectivity index (χ0n) is 9.54. The van der Waals surface area contributed by atoms with Crippen LogP contribution in [-0.2, 0) is 11.3 Å². The predicted octanol–water partition coefficient (Wildman–Crippen LogP) is 2.71. The van der Waals surface area contributed by atoms with E-state index in [9.17, 15) is 0 Å². The normalized spacial score (nSPS) is 10.4. The Bertz CT molecular complexity index is 318. The van der Waals surface area contributed by atoms with Crippen molar-refractivity contribution in [1.29, 1.82) is 0 Å². The molecule has 0 aromatic heterocycles. The SMILES string of the molecule is CCCOCCOc1ccc(Br)c(CN)c1. The maximum Gasteiger partial charge on any atom is 0.119 e. The van der Waals surface area contributed by atoms with Crippen molar-refractivity contribution < 1.29 is 9.47 Å². The highest BCUT2D eigenvalue weighted by atomic mass is 79.9. The van der Waals surface area contributed by atoms with Crippen LogP contribution in [0.2, 0.25) is 0 Å². The van der Waals surface area contributed by atoms with Gasteiger partial charge in [-0.1, -0.05) is 22.9 Å². The van der Waals surface area contributed by atoms with E-state index in [1.165, 1.54) is 0 Å². The summed E-state index contributed by atoms with van der Waals surface area (Å²) in [6, 6.07) is 5.82. The molecule has 4 heteroatoms. The van der Waals surface area contributed by atoms with Crippen molar-refractivity contribution in [3.05, 3.63) is 28.2 Å². The van der Waals surface area contributed by atoms with Gasteiger partial charge >= 0.3 is 0 Å². The second-order valence-electron chi connectivity index (χ2n) is 3.42. The van der Waals surface area contributed by atoms with Crippen LogP contribution < -0.4 is 10.5 Å². The molecule has 0 bridgehead atoms. The van der Waals surface area contributed by atoms with E-state index in [0.717, 1.165) is 28.8 Å². The average Bonchev–Trinajstić information content (AvgIpc) is 2.31. The maximum absolute atomic E-state index is 5.60. The van der Waals surface area contributed by atoms with Crippen LogP contribution in [0, 0.1) is 0 Å². The molecule has 0 unspecified atom stereocenters. The van der Waals surface area contributed by atoms with Crippen molar-refractivity contribution in [3.63, 3.8) is 0 Å². The van der Waals surface area contributed by atoms with Crippen molar-refractivity contribution in [2.24, 2.45) is 5.73 Å². The van der Waals surface area contributed by atoms with E-state index in [2.05, 4.69) is 22.9 Å². The van der Waals surface area contributed by atoms with E-state index in [1.54, 1.807) is 0 Å². The zero-order chi connectivity index (χ0) is 11.8. The molecule has 0 aliphatic carbocycles. The van der Waals surface area contributed by atoms with Crippen molar-refractivity contribution in [1.82, 2.24) is 0 Å². The minimum Gasteiger partial charge on any atom is -0.491 e. The maximum atomic E-state index is 5.60. The highest BCUT2D eigenvalue weighted by molar-refractivity contribution is 9.10. The van der Waals surface area contributed by atoms with Crippen molar-refractivity contribution in [2.75, 3.05) is 19.8 Å². The number of nitrogens with two attached hydrogens (primary N) is 1. The first-order valence-corrected chi connectivity index (χ1v) is 6.26. The van der Waals surface area contributed by atoms with Crippen LogP contribution in [0.5, 0.6) is 5.75 Å². The third-order valence-electron chi connectivity index (χ3n) is 2.08. The Hall–Kier alpha value is -0.580. The van der Waals surface area contributed by atoms with Gasteiger partial charge in [-0.2, -0.15) is 0 Å². The van der Waals surface area contributed by atoms with Gasteiger partial charge in [0.05, 0.1) is 6.61 Å². The molecule has 0 heterocycles. The Morgan fingerprint density at radius 1 is 1.25 bits per heavy atom. The fourth-order valence-electron chi connectivity index (χ4n) is 1.26. The van der Waals surface area contributed by atoms with Crippen molar-refractivity contribution in [2.45, 2.75) is 19.9 Å². The van der Waals surface area contributed by atoms with E-state index in [0.29, 0.717) is 19.8 Å². The lowest BCUT2D eigenvalue weighted by Crippen LogP contribution is -2.07. The third kappa shape index (κ3) is 4.51. The fourth-order valence-corrected chi connectivity index (χ4v) is 1.67. The van der Waals surface area contributed by atoms with Crippen LogP contribution >= 0.6 is 15.9 Å². The lowest BCUT2D eigenvalue weighted by Gasteiger charge is -2.08. The molecule has 0 saturated heterocycles. The summed E-state index contributed by atoms with van der Waals surface area (Å²) in [7, 11) is 0. The molecule has 90 valence electrons. The predicted molar refractivity (Wildman–Crippen MR) is 68.6 cm³/mol. The van der Waals surface area contributed by atoms with Gasteiger partial charge in [0.1, 0.15) is 12.4 Å².